The maximum absolute atomic E-state index is 6.23. The molecule has 1 fully saturated rings. The zero-order valence-electron chi connectivity index (χ0n) is 12.8. The first-order valence-corrected chi connectivity index (χ1v) is 8.98. The molecule has 0 spiro atoms. The highest BCUT2D eigenvalue weighted by molar-refractivity contribution is 7.98. The Labute approximate surface area is 144 Å². The van der Waals surface area contributed by atoms with Crippen LogP contribution in [0.2, 0.25) is 5.02 Å². The van der Waals surface area contributed by atoms with Crippen LogP contribution in [0.4, 0.5) is 17.5 Å². The SMILES string of the molecule is CSc1cnccc1Nc1nc(NC2CCOCC2)ncc1Cl. The van der Waals surface area contributed by atoms with Gasteiger partial charge >= 0.3 is 0 Å². The summed E-state index contributed by atoms with van der Waals surface area (Å²) in [6.45, 7) is 1.54. The molecule has 0 atom stereocenters. The second kappa shape index (κ2) is 7.81. The number of nitrogens with one attached hydrogen (secondary N) is 2. The second-order valence-corrected chi connectivity index (χ2v) is 6.38. The number of pyridine rings is 1. The van der Waals surface area contributed by atoms with E-state index in [1.54, 1.807) is 24.2 Å². The first-order valence-electron chi connectivity index (χ1n) is 7.38. The van der Waals surface area contributed by atoms with Crippen molar-refractivity contribution < 1.29 is 4.74 Å². The van der Waals surface area contributed by atoms with Gasteiger partial charge in [0.1, 0.15) is 5.02 Å². The standard InChI is InChI=1S/C15H18ClN5OS/c1-23-13-9-17-5-2-12(13)20-14-11(16)8-18-15(21-14)19-10-3-6-22-7-4-10/h2,5,8-10H,3-4,6-7H2,1H3,(H2,17,18,19,20,21). The number of thioether (sulfide) groups is 1. The van der Waals surface area contributed by atoms with Crippen molar-refractivity contribution in [2.75, 3.05) is 30.1 Å². The molecule has 2 aromatic heterocycles. The van der Waals surface area contributed by atoms with Gasteiger partial charge in [-0.05, 0) is 25.2 Å². The lowest BCUT2D eigenvalue weighted by Gasteiger charge is -2.23. The van der Waals surface area contributed by atoms with Crippen molar-refractivity contribution >= 4 is 40.8 Å². The summed E-state index contributed by atoms with van der Waals surface area (Å²) in [7, 11) is 0. The van der Waals surface area contributed by atoms with Gasteiger partial charge in [0.2, 0.25) is 5.95 Å². The molecule has 2 N–H and O–H groups in total. The zero-order chi connectivity index (χ0) is 16.1. The number of hydrogen-bond donors (Lipinski definition) is 2. The molecule has 0 aromatic carbocycles. The fraction of sp³-hybridized carbons (Fsp3) is 0.400. The number of aromatic nitrogens is 3. The van der Waals surface area contributed by atoms with Gasteiger partial charge in [0, 0.05) is 36.5 Å². The fourth-order valence-corrected chi connectivity index (χ4v) is 2.97. The minimum absolute atomic E-state index is 0.334. The zero-order valence-corrected chi connectivity index (χ0v) is 14.3. The highest BCUT2D eigenvalue weighted by Crippen LogP contribution is 2.29. The van der Waals surface area contributed by atoms with E-state index in [0.717, 1.165) is 36.6 Å². The van der Waals surface area contributed by atoms with Crippen molar-refractivity contribution in [3.05, 3.63) is 29.7 Å². The number of ether oxygens (including phenoxy) is 1. The van der Waals surface area contributed by atoms with Crippen LogP contribution in [0, 0.1) is 0 Å². The summed E-state index contributed by atoms with van der Waals surface area (Å²) in [4.78, 5) is 13.9. The number of halogens is 1. The van der Waals surface area contributed by atoms with Crippen LogP contribution in [0.1, 0.15) is 12.8 Å². The number of nitrogens with zero attached hydrogens (tertiary/aromatic N) is 3. The van der Waals surface area contributed by atoms with Crippen LogP contribution < -0.4 is 10.6 Å². The van der Waals surface area contributed by atoms with E-state index in [1.807, 2.05) is 18.5 Å². The predicted molar refractivity (Wildman–Crippen MR) is 93.8 cm³/mol. The van der Waals surface area contributed by atoms with Gasteiger partial charge in [0.15, 0.2) is 5.82 Å². The maximum atomic E-state index is 6.23. The minimum atomic E-state index is 0.334. The third-order valence-electron chi connectivity index (χ3n) is 3.56. The van der Waals surface area contributed by atoms with E-state index in [0.29, 0.717) is 22.8 Å². The predicted octanol–water partition coefficient (Wildman–Crippen LogP) is 3.58. The van der Waals surface area contributed by atoms with Crippen molar-refractivity contribution in [3.8, 4) is 0 Å². The Morgan fingerprint density at radius 2 is 2.13 bits per heavy atom. The van der Waals surface area contributed by atoms with Gasteiger partial charge in [-0.3, -0.25) is 4.98 Å². The smallest absolute Gasteiger partial charge is 0.224 e. The summed E-state index contributed by atoms with van der Waals surface area (Å²) < 4.78 is 5.36. The third kappa shape index (κ3) is 4.25. The lowest BCUT2D eigenvalue weighted by Crippen LogP contribution is -2.28. The molecule has 1 aliphatic rings. The molecule has 122 valence electrons. The van der Waals surface area contributed by atoms with Crippen molar-refractivity contribution in [1.82, 2.24) is 15.0 Å². The van der Waals surface area contributed by atoms with Crippen molar-refractivity contribution in [1.29, 1.82) is 0 Å². The Hall–Kier alpha value is -1.57. The van der Waals surface area contributed by atoms with Gasteiger partial charge < -0.3 is 15.4 Å². The molecular weight excluding hydrogens is 334 g/mol. The Balaban J connectivity index is 1.77. The first kappa shape index (κ1) is 16.3. The first-order chi connectivity index (χ1) is 11.3. The third-order valence-corrected chi connectivity index (χ3v) is 4.60. The van der Waals surface area contributed by atoms with Crippen LogP contribution in [0.25, 0.3) is 0 Å². The summed E-state index contributed by atoms with van der Waals surface area (Å²) in [6, 6.07) is 2.23. The van der Waals surface area contributed by atoms with E-state index in [-0.39, 0.29) is 0 Å². The summed E-state index contributed by atoms with van der Waals surface area (Å²) >= 11 is 7.84. The van der Waals surface area contributed by atoms with E-state index in [2.05, 4.69) is 25.6 Å². The molecule has 0 bridgehead atoms. The second-order valence-electron chi connectivity index (χ2n) is 5.12. The highest BCUT2D eigenvalue weighted by atomic mass is 35.5. The molecule has 0 aliphatic carbocycles. The van der Waals surface area contributed by atoms with Crippen molar-refractivity contribution in [2.45, 2.75) is 23.8 Å². The quantitative estimate of drug-likeness (QED) is 0.797. The summed E-state index contributed by atoms with van der Waals surface area (Å²) in [5.74, 6) is 1.15. The minimum Gasteiger partial charge on any atom is -0.381 e. The lowest BCUT2D eigenvalue weighted by molar-refractivity contribution is 0.0903. The average Bonchev–Trinajstić information content (AvgIpc) is 2.59. The summed E-state index contributed by atoms with van der Waals surface area (Å²) in [6.07, 6.45) is 9.06. The van der Waals surface area contributed by atoms with E-state index in [4.69, 9.17) is 16.3 Å². The van der Waals surface area contributed by atoms with Crippen molar-refractivity contribution in [3.63, 3.8) is 0 Å². The highest BCUT2D eigenvalue weighted by Gasteiger charge is 2.15. The molecule has 1 saturated heterocycles. The largest absolute Gasteiger partial charge is 0.381 e. The van der Waals surface area contributed by atoms with Crippen LogP contribution in [0.15, 0.2) is 29.6 Å². The van der Waals surface area contributed by atoms with Crippen LogP contribution in [0.5, 0.6) is 0 Å². The molecule has 0 radical (unpaired) electrons. The molecule has 0 saturated carbocycles. The number of hydrogen-bond acceptors (Lipinski definition) is 7. The maximum Gasteiger partial charge on any atom is 0.224 e. The molecular formula is C15H18ClN5OS. The molecule has 3 heterocycles. The fourth-order valence-electron chi connectivity index (χ4n) is 2.32. The molecule has 1 aliphatic heterocycles. The van der Waals surface area contributed by atoms with E-state index < -0.39 is 0 Å². The summed E-state index contributed by atoms with van der Waals surface area (Å²) in [5, 5.41) is 7.08. The Morgan fingerprint density at radius 3 is 2.91 bits per heavy atom. The molecule has 0 amide bonds. The van der Waals surface area contributed by atoms with Gasteiger partial charge in [0.05, 0.1) is 11.9 Å². The Morgan fingerprint density at radius 1 is 1.30 bits per heavy atom. The Kier molecular flexibility index (Phi) is 5.53. The average molecular weight is 352 g/mol. The lowest BCUT2D eigenvalue weighted by atomic mass is 10.1. The monoisotopic (exact) mass is 351 g/mol. The van der Waals surface area contributed by atoms with Crippen molar-refractivity contribution in [2.24, 2.45) is 0 Å². The number of rotatable bonds is 5. The van der Waals surface area contributed by atoms with Crippen LogP contribution >= 0.6 is 23.4 Å². The van der Waals surface area contributed by atoms with Gasteiger partial charge in [-0.15, -0.1) is 11.8 Å². The van der Waals surface area contributed by atoms with E-state index >= 15 is 0 Å². The van der Waals surface area contributed by atoms with Gasteiger partial charge in [-0.1, -0.05) is 11.6 Å². The van der Waals surface area contributed by atoms with Gasteiger partial charge in [-0.2, -0.15) is 4.98 Å². The van der Waals surface area contributed by atoms with E-state index in [1.165, 1.54) is 0 Å². The van der Waals surface area contributed by atoms with Crippen LogP contribution in [-0.2, 0) is 4.74 Å². The number of anilines is 3. The van der Waals surface area contributed by atoms with Gasteiger partial charge in [0.25, 0.3) is 0 Å². The van der Waals surface area contributed by atoms with Gasteiger partial charge in [-0.25, -0.2) is 4.98 Å². The van der Waals surface area contributed by atoms with E-state index in [9.17, 15) is 0 Å². The molecule has 6 nitrogen and oxygen atoms in total. The topological polar surface area (TPSA) is 72.0 Å². The van der Waals surface area contributed by atoms with Crippen LogP contribution in [-0.4, -0.2) is 40.5 Å². The molecule has 3 rings (SSSR count). The van der Waals surface area contributed by atoms with Crippen LogP contribution in [0.3, 0.4) is 0 Å². The normalized spacial score (nSPS) is 15.4. The molecule has 23 heavy (non-hydrogen) atoms. The Bertz CT molecular complexity index is 666. The summed E-state index contributed by atoms with van der Waals surface area (Å²) in [5.41, 5.74) is 0.921. The molecule has 2 aromatic rings. The molecule has 8 heteroatoms. The molecule has 0 unspecified atom stereocenters.